The Morgan fingerprint density at radius 1 is 1.00 bits per heavy atom. The number of hydrogen-bond donors (Lipinski definition) is 1. The molecule has 2 saturated heterocycles. The summed E-state index contributed by atoms with van der Waals surface area (Å²) in [5.41, 5.74) is -0.447. The first kappa shape index (κ1) is 18.7. The quantitative estimate of drug-likeness (QED) is 0.835. The second-order valence-electron chi connectivity index (χ2n) is 8.29. The third kappa shape index (κ3) is 4.08. The van der Waals surface area contributed by atoms with Crippen LogP contribution < -0.4 is 0 Å². The molecule has 136 valence electrons. The number of carbonyl (C=O) groups is 3. The fourth-order valence-electron chi connectivity index (χ4n) is 3.69. The van der Waals surface area contributed by atoms with Gasteiger partial charge in [0, 0.05) is 31.1 Å². The molecule has 24 heavy (non-hydrogen) atoms. The van der Waals surface area contributed by atoms with Crippen molar-refractivity contribution in [1.82, 2.24) is 9.80 Å². The van der Waals surface area contributed by atoms with E-state index in [1.165, 1.54) is 0 Å². The molecule has 2 heterocycles. The molecular formula is C18H30N2O4. The van der Waals surface area contributed by atoms with E-state index in [1.54, 1.807) is 9.80 Å². The van der Waals surface area contributed by atoms with E-state index >= 15 is 0 Å². The number of amides is 2. The topological polar surface area (TPSA) is 77.9 Å². The maximum Gasteiger partial charge on any atom is 0.308 e. The third-order valence-corrected chi connectivity index (χ3v) is 5.21. The van der Waals surface area contributed by atoms with E-state index in [0.717, 1.165) is 19.3 Å². The summed E-state index contributed by atoms with van der Waals surface area (Å²) in [6.07, 6.45) is 2.94. The van der Waals surface area contributed by atoms with Crippen molar-refractivity contribution in [3.8, 4) is 0 Å². The molecule has 6 nitrogen and oxygen atoms in total. The first-order valence-corrected chi connectivity index (χ1v) is 8.94. The normalized spacial score (nSPS) is 28.6. The number of hydrogen-bond acceptors (Lipinski definition) is 3. The highest BCUT2D eigenvalue weighted by Crippen LogP contribution is 2.28. The van der Waals surface area contributed by atoms with Gasteiger partial charge in [-0.15, -0.1) is 0 Å². The van der Waals surface area contributed by atoms with Crippen LogP contribution in [-0.2, 0) is 14.4 Å². The molecule has 0 aromatic carbocycles. The van der Waals surface area contributed by atoms with Crippen LogP contribution in [0.15, 0.2) is 0 Å². The van der Waals surface area contributed by atoms with Crippen LogP contribution in [0.25, 0.3) is 0 Å². The second-order valence-corrected chi connectivity index (χ2v) is 8.29. The Labute approximate surface area is 144 Å². The number of rotatable bonds is 2. The van der Waals surface area contributed by atoms with Gasteiger partial charge in [-0.2, -0.15) is 0 Å². The molecule has 0 radical (unpaired) electrons. The summed E-state index contributed by atoms with van der Waals surface area (Å²) >= 11 is 0. The lowest BCUT2D eigenvalue weighted by molar-refractivity contribution is -0.150. The van der Waals surface area contributed by atoms with Crippen molar-refractivity contribution in [1.29, 1.82) is 0 Å². The summed E-state index contributed by atoms with van der Waals surface area (Å²) in [7, 11) is 0. The van der Waals surface area contributed by atoms with Gasteiger partial charge in [0.2, 0.25) is 11.8 Å². The zero-order valence-electron chi connectivity index (χ0n) is 15.2. The van der Waals surface area contributed by atoms with Gasteiger partial charge in [0.1, 0.15) is 0 Å². The average Bonchev–Trinajstić information content (AvgIpc) is 2.53. The smallest absolute Gasteiger partial charge is 0.308 e. The Balaban J connectivity index is 2.05. The zero-order chi connectivity index (χ0) is 18.1. The monoisotopic (exact) mass is 338 g/mol. The van der Waals surface area contributed by atoms with Crippen LogP contribution in [0.5, 0.6) is 0 Å². The van der Waals surface area contributed by atoms with Gasteiger partial charge in [0.15, 0.2) is 0 Å². The summed E-state index contributed by atoms with van der Waals surface area (Å²) in [6, 6.07) is 0.0711. The first-order valence-electron chi connectivity index (χ1n) is 8.94. The molecule has 0 saturated carbocycles. The van der Waals surface area contributed by atoms with Crippen LogP contribution in [0.2, 0.25) is 0 Å². The molecule has 0 aromatic rings. The van der Waals surface area contributed by atoms with Gasteiger partial charge in [0.05, 0.1) is 11.8 Å². The summed E-state index contributed by atoms with van der Waals surface area (Å²) in [5, 5.41) is 9.25. The van der Waals surface area contributed by atoms with Crippen LogP contribution in [-0.4, -0.2) is 58.4 Å². The van der Waals surface area contributed by atoms with Gasteiger partial charge < -0.3 is 14.9 Å². The predicted octanol–water partition coefficient (Wildman–Crippen LogP) is 1.98. The molecule has 2 aliphatic heterocycles. The summed E-state index contributed by atoms with van der Waals surface area (Å²) in [4.78, 5) is 40.2. The maximum absolute atomic E-state index is 12.9. The van der Waals surface area contributed by atoms with Gasteiger partial charge in [-0.1, -0.05) is 20.8 Å². The Bertz CT molecular complexity index is 512. The number of carboxylic acid groups (broad SMARTS) is 1. The fourth-order valence-corrected chi connectivity index (χ4v) is 3.69. The molecule has 0 bridgehead atoms. The van der Waals surface area contributed by atoms with Crippen LogP contribution >= 0.6 is 0 Å². The standard InChI is InChI=1S/C18H30N2O4/c1-12-7-8-14(16(22)23)11-20(12)15(21)13-6-5-9-19(10-13)17(24)18(2,3)4/h12-14H,5-11H2,1-4H3,(H,22,23). The van der Waals surface area contributed by atoms with Gasteiger partial charge in [0.25, 0.3) is 0 Å². The molecule has 3 atom stereocenters. The van der Waals surface area contributed by atoms with Crippen molar-refractivity contribution < 1.29 is 19.5 Å². The minimum atomic E-state index is -0.826. The molecule has 2 rings (SSSR count). The summed E-state index contributed by atoms with van der Waals surface area (Å²) in [5.74, 6) is -1.41. The van der Waals surface area contributed by atoms with Crippen molar-refractivity contribution in [3.63, 3.8) is 0 Å². The van der Waals surface area contributed by atoms with E-state index in [9.17, 15) is 19.5 Å². The van der Waals surface area contributed by atoms with Crippen LogP contribution in [0, 0.1) is 17.3 Å². The molecule has 6 heteroatoms. The van der Waals surface area contributed by atoms with Gasteiger partial charge in [-0.3, -0.25) is 14.4 Å². The molecule has 0 spiro atoms. The van der Waals surface area contributed by atoms with E-state index in [2.05, 4.69) is 0 Å². The largest absolute Gasteiger partial charge is 0.481 e. The SMILES string of the molecule is CC1CCC(C(=O)O)CN1C(=O)C1CCCN(C(=O)C(C)(C)C)C1. The Morgan fingerprint density at radius 2 is 1.67 bits per heavy atom. The van der Waals surface area contributed by atoms with E-state index in [4.69, 9.17) is 0 Å². The Hall–Kier alpha value is -1.59. The molecule has 2 aliphatic rings. The molecular weight excluding hydrogens is 308 g/mol. The van der Waals surface area contributed by atoms with Crippen LogP contribution in [0.1, 0.15) is 53.4 Å². The molecule has 0 aliphatic carbocycles. The fraction of sp³-hybridized carbons (Fsp3) is 0.833. The van der Waals surface area contributed by atoms with Crippen molar-refractivity contribution in [2.75, 3.05) is 19.6 Å². The molecule has 2 fully saturated rings. The lowest BCUT2D eigenvalue weighted by Crippen LogP contribution is -2.53. The average molecular weight is 338 g/mol. The predicted molar refractivity (Wildman–Crippen MR) is 90.3 cm³/mol. The number of piperidine rings is 2. The van der Waals surface area contributed by atoms with Gasteiger partial charge in [-0.25, -0.2) is 0 Å². The third-order valence-electron chi connectivity index (χ3n) is 5.21. The number of aliphatic carboxylic acids is 1. The molecule has 3 unspecified atom stereocenters. The van der Waals surface area contributed by atoms with E-state index in [0.29, 0.717) is 26.1 Å². The van der Waals surface area contributed by atoms with Gasteiger partial charge >= 0.3 is 5.97 Å². The molecule has 1 N–H and O–H groups in total. The zero-order valence-corrected chi connectivity index (χ0v) is 15.2. The first-order chi connectivity index (χ1) is 11.1. The van der Waals surface area contributed by atoms with Crippen molar-refractivity contribution in [3.05, 3.63) is 0 Å². The Morgan fingerprint density at radius 3 is 2.25 bits per heavy atom. The highest BCUT2D eigenvalue weighted by Gasteiger charge is 2.38. The van der Waals surface area contributed by atoms with E-state index < -0.39 is 17.3 Å². The van der Waals surface area contributed by atoms with Crippen molar-refractivity contribution >= 4 is 17.8 Å². The lowest BCUT2D eigenvalue weighted by Gasteiger charge is -2.41. The van der Waals surface area contributed by atoms with Crippen molar-refractivity contribution in [2.45, 2.75) is 59.4 Å². The van der Waals surface area contributed by atoms with E-state index in [1.807, 2.05) is 27.7 Å². The summed E-state index contributed by atoms with van der Waals surface area (Å²) < 4.78 is 0. The molecule has 2 amide bonds. The Kier molecular flexibility index (Phi) is 5.56. The maximum atomic E-state index is 12.9. The van der Waals surface area contributed by atoms with Crippen LogP contribution in [0.4, 0.5) is 0 Å². The number of likely N-dealkylation sites (tertiary alicyclic amines) is 2. The highest BCUT2D eigenvalue weighted by atomic mass is 16.4. The van der Waals surface area contributed by atoms with Crippen LogP contribution in [0.3, 0.4) is 0 Å². The lowest BCUT2D eigenvalue weighted by atomic mass is 9.88. The minimum absolute atomic E-state index is 0.0138. The molecule has 0 aromatic heterocycles. The number of nitrogens with zero attached hydrogens (tertiary/aromatic N) is 2. The number of carboxylic acids is 1. The number of carbonyl (C=O) groups excluding carboxylic acids is 2. The highest BCUT2D eigenvalue weighted by molar-refractivity contribution is 5.84. The van der Waals surface area contributed by atoms with Crippen molar-refractivity contribution in [2.24, 2.45) is 17.3 Å². The second kappa shape index (κ2) is 7.11. The van der Waals surface area contributed by atoms with E-state index in [-0.39, 0.29) is 23.8 Å². The summed E-state index contributed by atoms with van der Waals surface area (Å²) in [6.45, 7) is 9.11. The minimum Gasteiger partial charge on any atom is -0.481 e. The van der Waals surface area contributed by atoms with Gasteiger partial charge in [-0.05, 0) is 32.6 Å².